The van der Waals surface area contributed by atoms with Crippen LogP contribution in [-0.2, 0) is 11.2 Å². The van der Waals surface area contributed by atoms with Gasteiger partial charge in [-0.1, -0.05) is 37.3 Å². The molecule has 8 nitrogen and oxygen atoms in total. The summed E-state index contributed by atoms with van der Waals surface area (Å²) in [7, 11) is 2.79. The summed E-state index contributed by atoms with van der Waals surface area (Å²) in [6.45, 7) is 2.23. The first-order valence-electron chi connectivity index (χ1n) is 12.5. The smallest absolute Gasteiger partial charge is 0.341 e. The molecule has 0 bridgehead atoms. The number of hydrogen-bond acceptors (Lipinski definition) is 6. The minimum Gasteiger partial charge on any atom is -0.496 e. The summed E-state index contributed by atoms with van der Waals surface area (Å²) in [5.74, 6) is -0.0298. The van der Waals surface area contributed by atoms with Crippen LogP contribution in [0.15, 0.2) is 66.9 Å². The third-order valence-electron chi connectivity index (χ3n) is 6.32. The van der Waals surface area contributed by atoms with Crippen molar-refractivity contribution in [3.63, 3.8) is 0 Å². The average Bonchev–Trinajstić information content (AvgIpc) is 3.37. The number of carbonyl (C=O) groups is 2. The van der Waals surface area contributed by atoms with Crippen LogP contribution in [0.3, 0.4) is 0 Å². The molecule has 1 atom stereocenters. The summed E-state index contributed by atoms with van der Waals surface area (Å²) in [4.78, 5) is 28.8. The van der Waals surface area contributed by atoms with E-state index in [0.717, 1.165) is 34.0 Å². The van der Waals surface area contributed by atoms with Crippen molar-refractivity contribution in [2.45, 2.75) is 25.8 Å². The summed E-state index contributed by atoms with van der Waals surface area (Å²) in [6.07, 6.45) is 3.15. The molecule has 0 radical (unpaired) electrons. The van der Waals surface area contributed by atoms with Crippen molar-refractivity contribution in [2.24, 2.45) is 0 Å². The van der Waals surface area contributed by atoms with Crippen LogP contribution in [0, 0.1) is 0 Å². The van der Waals surface area contributed by atoms with Gasteiger partial charge in [0.1, 0.15) is 17.1 Å². The third-order valence-corrected chi connectivity index (χ3v) is 6.32. The fraction of sp³-hybridized carbons (Fsp3) is 0.267. The monoisotopic (exact) mass is 516 g/mol. The topological polar surface area (TPSA) is 110 Å². The molecule has 0 unspecified atom stereocenters. The van der Waals surface area contributed by atoms with Gasteiger partial charge in [0, 0.05) is 17.1 Å². The Balaban J connectivity index is 1.63. The van der Waals surface area contributed by atoms with Gasteiger partial charge in [-0.3, -0.25) is 4.79 Å². The minimum absolute atomic E-state index is 0.220. The normalized spacial score (nSPS) is 11.7. The minimum atomic E-state index is -0.498. The number of aromatic nitrogens is 1. The first-order chi connectivity index (χ1) is 18.5. The lowest BCUT2D eigenvalue weighted by Gasteiger charge is -2.18. The number of hydrogen-bond donors (Lipinski definition) is 3. The van der Waals surface area contributed by atoms with Gasteiger partial charge in [-0.25, -0.2) is 4.79 Å². The largest absolute Gasteiger partial charge is 0.496 e. The fourth-order valence-electron chi connectivity index (χ4n) is 4.36. The number of H-pyrrole nitrogens is 1. The number of aliphatic hydroxyl groups excluding tert-OH is 1. The summed E-state index contributed by atoms with van der Waals surface area (Å²) >= 11 is 0. The molecule has 38 heavy (non-hydrogen) atoms. The Bertz CT molecular complexity index is 1430. The molecule has 4 rings (SSSR count). The molecule has 0 saturated heterocycles. The molecule has 0 aliphatic carbocycles. The highest BCUT2D eigenvalue weighted by Crippen LogP contribution is 2.31. The van der Waals surface area contributed by atoms with E-state index < -0.39 is 12.0 Å². The van der Waals surface area contributed by atoms with Gasteiger partial charge in [0.15, 0.2) is 0 Å². The zero-order valence-electron chi connectivity index (χ0n) is 21.7. The second kappa shape index (κ2) is 12.3. The SMILES string of the molecule is CCCOc1ccc(-c2ccc(C(=O)OC)c(OC)c2)cc1C(=O)N[C@H](CO)Cc1c[nH]c2ccccc12. The first-order valence-corrected chi connectivity index (χ1v) is 12.5. The first kappa shape index (κ1) is 26.8. The Morgan fingerprint density at radius 3 is 2.47 bits per heavy atom. The van der Waals surface area contributed by atoms with Crippen molar-refractivity contribution in [1.82, 2.24) is 10.3 Å². The van der Waals surface area contributed by atoms with E-state index in [4.69, 9.17) is 14.2 Å². The second-order valence-corrected chi connectivity index (χ2v) is 8.88. The predicted octanol–water partition coefficient (Wildman–Crippen LogP) is 4.75. The summed E-state index contributed by atoms with van der Waals surface area (Å²) in [6, 6.07) is 17.9. The van der Waals surface area contributed by atoms with Crippen molar-refractivity contribution in [1.29, 1.82) is 0 Å². The number of benzene rings is 3. The Kier molecular flexibility index (Phi) is 8.66. The summed E-state index contributed by atoms with van der Waals surface area (Å²) in [5, 5.41) is 14.1. The Morgan fingerprint density at radius 2 is 1.74 bits per heavy atom. The quantitative estimate of drug-likeness (QED) is 0.248. The van der Waals surface area contributed by atoms with E-state index in [-0.39, 0.29) is 12.5 Å². The van der Waals surface area contributed by atoms with E-state index in [2.05, 4.69) is 10.3 Å². The summed E-state index contributed by atoms with van der Waals surface area (Å²) < 4.78 is 16.1. The Hall–Kier alpha value is -4.30. The molecule has 0 aliphatic heterocycles. The van der Waals surface area contributed by atoms with Crippen LogP contribution in [0.4, 0.5) is 0 Å². The number of aliphatic hydroxyl groups is 1. The molecule has 1 aromatic heterocycles. The van der Waals surface area contributed by atoms with Gasteiger partial charge in [0.25, 0.3) is 5.91 Å². The number of esters is 1. The Morgan fingerprint density at radius 1 is 0.974 bits per heavy atom. The molecular weight excluding hydrogens is 484 g/mol. The maximum absolute atomic E-state index is 13.5. The lowest BCUT2D eigenvalue weighted by molar-refractivity contribution is 0.0597. The van der Waals surface area contributed by atoms with E-state index in [1.165, 1.54) is 14.2 Å². The molecule has 0 fully saturated rings. The standard InChI is InChI=1S/C30H32N2O6/c1-4-13-38-27-12-10-19(20-9-11-24(30(35)37-3)28(16-20)36-2)15-25(27)29(34)32-22(18-33)14-21-17-31-26-8-6-5-7-23(21)26/h5-12,15-17,22,31,33H,4,13-14,18H2,1-3H3,(H,32,34)/t22-/m0/s1. The zero-order chi connectivity index (χ0) is 27.1. The van der Waals surface area contributed by atoms with Gasteiger partial charge in [-0.2, -0.15) is 0 Å². The van der Waals surface area contributed by atoms with Crippen molar-refractivity contribution in [2.75, 3.05) is 27.4 Å². The van der Waals surface area contributed by atoms with E-state index in [9.17, 15) is 14.7 Å². The van der Waals surface area contributed by atoms with Crippen LogP contribution in [0.25, 0.3) is 22.0 Å². The van der Waals surface area contributed by atoms with Crippen molar-refractivity contribution >= 4 is 22.8 Å². The molecule has 1 heterocycles. The van der Waals surface area contributed by atoms with Crippen molar-refractivity contribution in [3.05, 3.63) is 83.6 Å². The number of amides is 1. The average molecular weight is 517 g/mol. The predicted molar refractivity (Wildman–Crippen MR) is 146 cm³/mol. The van der Waals surface area contributed by atoms with Gasteiger partial charge >= 0.3 is 5.97 Å². The molecule has 0 spiro atoms. The number of fused-ring (bicyclic) bond motifs is 1. The maximum atomic E-state index is 13.5. The highest BCUT2D eigenvalue weighted by Gasteiger charge is 2.20. The number of para-hydroxylation sites is 1. The number of nitrogens with one attached hydrogen (secondary N) is 2. The van der Waals surface area contributed by atoms with E-state index in [1.807, 2.05) is 43.5 Å². The van der Waals surface area contributed by atoms with Crippen molar-refractivity contribution < 1.29 is 28.9 Å². The van der Waals surface area contributed by atoms with E-state index in [0.29, 0.717) is 35.7 Å². The highest BCUT2D eigenvalue weighted by molar-refractivity contribution is 5.99. The van der Waals surface area contributed by atoms with E-state index in [1.54, 1.807) is 30.3 Å². The molecule has 1 amide bonds. The van der Waals surface area contributed by atoms with Crippen molar-refractivity contribution in [3.8, 4) is 22.6 Å². The lowest BCUT2D eigenvalue weighted by Crippen LogP contribution is -2.39. The number of methoxy groups -OCH3 is 2. The summed E-state index contributed by atoms with van der Waals surface area (Å²) in [5.41, 5.74) is 4.16. The third kappa shape index (κ3) is 5.81. The van der Waals surface area contributed by atoms with Gasteiger partial charge in [0.05, 0.1) is 39.0 Å². The van der Waals surface area contributed by atoms with Crippen LogP contribution >= 0.6 is 0 Å². The molecule has 4 aromatic rings. The number of ether oxygens (including phenoxy) is 3. The second-order valence-electron chi connectivity index (χ2n) is 8.88. The van der Waals surface area contributed by atoms with Gasteiger partial charge < -0.3 is 29.6 Å². The highest BCUT2D eigenvalue weighted by atomic mass is 16.5. The fourth-order valence-corrected chi connectivity index (χ4v) is 4.36. The number of carbonyl (C=O) groups excluding carboxylic acids is 2. The van der Waals surface area contributed by atoms with Crippen LogP contribution in [-0.4, -0.2) is 55.4 Å². The van der Waals surface area contributed by atoms with Gasteiger partial charge in [-0.15, -0.1) is 0 Å². The van der Waals surface area contributed by atoms with Crippen LogP contribution in [0.2, 0.25) is 0 Å². The molecule has 8 heteroatoms. The lowest BCUT2D eigenvalue weighted by atomic mass is 9.99. The number of rotatable bonds is 11. The zero-order valence-corrected chi connectivity index (χ0v) is 21.7. The van der Waals surface area contributed by atoms with Gasteiger partial charge in [0.2, 0.25) is 0 Å². The Labute approximate surface area is 221 Å². The maximum Gasteiger partial charge on any atom is 0.341 e. The molecule has 3 aromatic carbocycles. The van der Waals surface area contributed by atoms with Crippen LogP contribution in [0.5, 0.6) is 11.5 Å². The van der Waals surface area contributed by atoms with E-state index >= 15 is 0 Å². The molecule has 3 N–H and O–H groups in total. The van der Waals surface area contributed by atoms with Gasteiger partial charge in [-0.05, 0) is 59.9 Å². The number of aromatic amines is 1. The molecule has 0 aliphatic rings. The molecule has 198 valence electrons. The molecule has 0 saturated carbocycles. The molecular formula is C30H32N2O6. The van der Waals surface area contributed by atoms with Crippen LogP contribution < -0.4 is 14.8 Å². The van der Waals surface area contributed by atoms with Crippen LogP contribution in [0.1, 0.15) is 39.6 Å².